The molecule has 7 heteroatoms. The topological polar surface area (TPSA) is 73.0 Å². The van der Waals surface area contributed by atoms with Crippen LogP contribution in [0.3, 0.4) is 0 Å². The van der Waals surface area contributed by atoms with Gasteiger partial charge in [-0.1, -0.05) is 12.1 Å². The van der Waals surface area contributed by atoms with Crippen LogP contribution in [0.25, 0.3) is 0 Å². The molecule has 6 nitrogen and oxygen atoms in total. The van der Waals surface area contributed by atoms with Gasteiger partial charge in [0.05, 0.1) is 6.04 Å². The molecule has 24 heavy (non-hydrogen) atoms. The second kappa shape index (κ2) is 7.11. The van der Waals surface area contributed by atoms with Crippen LogP contribution in [0.1, 0.15) is 33.4 Å². The number of rotatable bonds is 5. The fourth-order valence-electron chi connectivity index (χ4n) is 2.97. The second-order valence-corrected chi connectivity index (χ2v) is 6.20. The Morgan fingerprint density at radius 2 is 2.12 bits per heavy atom. The Morgan fingerprint density at radius 3 is 2.83 bits per heavy atom. The average Bonchev–Trinajstić information content (AvgIpc) is 3.00. The van der Waals surface area contributed by atoms with Crippen LogP contribution in [0, 0.1) is 5.82 Å². The highest BCUT2D eigenvalue weighted by Crippen LogP contribution is 2.19. The van der Waals surface area contributed by atoms with E-state index in [0.717, 1.165) is 29.8 Å². The number of likely N-dealkylation sites (N-methyl/N-ethyl adjacent to an activating group) is 1. The molecule has 1 atom stereocenters. The van der Waals surface area contributed by atoms with Crippen molar-refractivity contribution in [2.45, 2.75) is 19.0 Å². The summed E-state index contributed by atoms with van der Waals surface area (Å²) in [5.74, 6) is -0.457. The first-order valence-electron chi connectivity index (χ1n) is 8.03. The molecular weight excluding hydrogens is 309 g/mol. The van der Waals surface area contributed by atoms with Crippen LogP contribution in [0.15, 0.2) is 24.3 Å². The molecule has 2 aromatic rings. The minimum atomic E-state index is -0.268. The SMILES string of the molecule is CN(C)C(CNC(=O)c1n[nH]c2c1CNCC2)c1ccc(F)cc1. The van der Waals surface area contributed by atoms with Crippen molar-refractivity contribution in [3.63, 3.8) is 0 Å². The van der Waals surface area contributed by atoms with E-state index in [4.69, 9.17) is 0 Å². The van der Waals surface area contributed by atoms with E-state index in [-0.39, 0.29) is 17.8 Å². The minimum absolute atomic E-state index is 0.0394. The van der Waals surface area contributed by atoms with Crippen molar-refractivity contribution in [3.8, 4) is 0 Å². The summed E-state index contributed by atoms with van der Waals surface area (Å²) < 4.78 is 13.1. The zero-order chi connectivity index (χ0) is 17.1. The number of hydrogen-bond donors (Lipinski definition) is 3. The number of amides is 1. The van der Waals surface area contributed by atoms with Crippen molar-refractivity contribution in [2.24, 2.45) is 0 Å². The number of aromatic amines is 1. The van der Waals surface area contributed by atoms with Gasteiger partial charge in [-0.3, -0.25) is 9.89 Å². The Balaban J connectivity index is 1.69. The third kappa shape index (κ3) is 3.47. The normalized spacial score (nSPS) is 15.2. The maximum Gasteiger partial charge on any atom is 0.272 e. The quantitative estimate of drug-likeness (QED) is 0.770. The molecule has 3 N–H and O–H groups in total. The number of carbonyl (C=O) groups is 1. The van der Waals surface area contributed by atoms with Crippen LogP contribution in [0.2, 0.25) is 0 Å². The Bertz CT molecular complexity index is 710. The lowest BCUT2D eigenvalue weighted by atomic mass is 10.0. The van der Waals surface area contributed by atoms with E-state index in [1.54, 1.807) is 12.1 Å². The fourth-order valence-corrected chi connectivity index (χ4v) is 2.97. The first kappa shape index (κ1) is 16.6. The summed E-state index contributed by atoms with van der Waals surface area (Å²) in [5, 5.41) is 13.3. The lowest BCUT2D eigenvalue weighted by molar-refractivity contribution is 0.0935. The predicted molar refractivity (Wildman–Crippen MR) is 89.2 cm³/mol. The van der Waals surface area contributed by atoms with E-state index in [9.17, 15) is 9.18 Å². The van der Waals surface area contributed by atoms with Gasteiger partial charge < -0.3 is 15.5 Å². The van der Waals surface area contributed by atoms with Gasteiger partial charge in [0.2, 0.25) is 0 Å². The fraction of sp³-hybridized carbons (Fsp3) is 0.412. The summed E-state index contributed by atoms with van der Waals surface area (Å²) in [4.78, 5) is 14.5. The van der Waals surface area contributed by atoms with Crippen LogP contribution in [-0.2, 0) is 13.0 Å². The van der Waals surface area contributed by atoms with Gasteiger partial charge in [0, 0.05) is 37.3 Å². The van der Waals surface area contributed by atoms with Gasteiger partial charge in [-0.15, -0.1) is 0 Å². The van der Waals surface area contributed by atoms with Crippen molar-refractivity contribution >= 4 is 5.91 Å². The van der Waals surface area contributed by atoms with Gasteiger partial charge in [-0.05, 0) is 31.8 Å². The van der Waals surface area contributed by atoms with E-state index >= 15 is 0 Å². The highest BCUT2D eigenvalue weighted by atomic mass is 19.1. The number of nitrogens with one attached hydrogen (secondary N) is 3. The van der Waals surface area contributed by atoms with E-state index < -0.39 is 0 Å². The van der Waals surface area contributed by atoms with E-state index in [2.05, 4.69) is 20.8 Å². The standard InChI is InChI=1S/C17H22FN5O/c1-23(2)15(11-3-5-12(18)6-4-11)10-20-17(24)16-13-9-19-8-7-14(13)21-22-16/h3-6,15,19H,7-10H2,1-2H3,(H,20,24)(H,21,22). The number of nitrogens with zero attached hydrogens (tertiary/aromatic N) is 2. The Kier molecular flexibility index (Phi) is 4.92. The lowest BCUT2D eigenvalue weighted by Gasteiger charge is -2.25. The molecule has 0 saturated heterocycles. The maximum absolute atomic E-state index is 13.1. The zero-order valence-corrected chi connectivity index (χ0v) is 13.9. The molecule has 1 unspecified atom stereocenters. The third-order valence-electron chi connectivity index (χ3n) is 4.36. The molecule has 0 saturated carbocycles. The van der Waals surface area contributed by atoms with Gasteiger partial charge in [-0.2, -0.15) is 5.10 Å². The van der Waals surface area contributed by atoms with Crippen molar-refractivity contribution < 1.29 is 9.18 Å². The summed E-state index contributed by atoms with van der Waals surface area (Å²) in [6.45, 7) is 1.97. The van der Waals surface area contributed by atoms with Gasteiger partial charge >= 0.3 is 0 Å². The molecule has 0 radical (unpaired) electrons. The van der Waals surface area contributed by atoms with E-state index in [0.29, 0.717) is 18.8 Å². The molecule has 3 rings (SSSR count). The smallest absolute Gasteiger partial charge is 0.272 e. The number of halogens is 1. The molecule has 0 bridgehead atoms. The number of fused-ring (bicyclic) bond motifs is 1. The summed E-state index contributed by atoms with van der Waals surface area (Å²) in [6, 6.07) is 6.31. The molecule has 128 valence electrons. The number of aromatic nitrogens is 2. The molecule has 2 heterocycles. The van der Waals surface area contributed by atoms with Crippen LogP contribution in [0.5, 0.6) is 0 Å². The average molecular weight is 331 g/mol. The largest absolute Gasteiger partial charge is 0.349 e. The molecule has 1 aromatic heterocycles. The predicted octanol–water partition coefficient (Wildman–Crippen LogP) is 1.23. The summed E-state index contributed by atoms with van der Waals surface area (Å²) in [7, 11) is 3.86. The molecular formula is C17H22FN5O. The lowest BCUT2D eigenvalue weighted by Crippen LogP contribution is -2.35. The van der Waals surface area contributed by atoms with Gasteiger partial charge in [-0.25, -0.2) is 4.39 Å². The van der Waals surface area contributed by atoms with Crippen molar-refractivity contribution in [1.29, 1.82) is 0 Å². The number of H-pyrrole nitrogens is 1. The number of carbonyl (C=O) groups excluding carboxylic acids is 1. The van der Waals surface area contributed by atoms with Crippen molar-refractivity contribution in [2.75, 3.05) is 27.2 Å². The highest BCUT2D eigenvalue weighted by Gasteiger charge is 2.23. The molecule has 1 amide bonds. The monoisotopic (exact) mass is 331 g/mol. The maximum atomic E-state index is 13.1. The van der Waals surface area contributed by atoms with Crippen LogP contribution < -0.4 is 10.6 Å². The second-order valence-electron chi connectivity index (χ2n) is 6.20. The summed E-state index contributed by atoms with van der Waals surface area (Å²) in [6.07, 6.45) is 0.853. The Morgan fingerprint density at radius 1 is 1.38 bits per heavy atom. The molecule has 0 fully saturated rings. The van der Waals surface area contributed by atoms with Crippen molar-refractivity contribution in [3.05, 3.63) is 52.6 Å². The zero-order valence-electron chi connectivity index (χ0n) is 13.9. The number of benzene rings is 1. The Labute approximate surface area is 140 Å². The van der Waals surface area contributed by atoms with Crippen LogP contribution in [0.4, 0.5) is 4.39 Å². The van der Waals surface area contributed by atoms with Crippen LogP contribution >= 0.6 is 0 Å². The highest BCUT2D eigenvalue weighted by molar-refractivity contribution is 5.94. The minimum Gasteiger partial charge on any atom is -0.349 e. The van der Waals surface area contributed by atoms with Gasteiger partial charge in [0.25, 0.3) is 5.91 Å². The first-order valence-corrected chi connectivity index (χ1v) is 8.03. The third-order valence-corrected chi connectivity index (χ3v) is 4.36. The molecule has 1 aromatic carbocycles. The summed E-state index contributed by atoms with van der Waals surface area (Å²) >= 11 is 0. The molecule has 1 aliphatic rings. The van der Waals surface area contributed by atoms with Gasteiger partial charge in [0.1, 0.15) is 5.82 Å². The first-order chi connectivity index (χ1) is 11.6. The Hall–Kier alpha value is -2.25. The van der Waals surface area contributed by atoms with Crippen LogP contribution in [-0.4, -0.2) is 48.2 Å². The van der Waals surface area contributed by atoms with E-state index in [1.807, 2.05) is 19.0 Å². The van der Waals surface area contributed by atoms with Gasteiger partial charge in [0.15, 0.2) is 5.69 Å². The van der Waals surface area contributed by atoms with E-state index in [1.165, 1.54) is 12.1 Å². The summed E-state index contributed by atoms with van der Waals surface area (Å²) in [5.41, 5.74) is 3.38. The number of hydrogen-bond acceptors (Lipinski definition) is 4. The molecule has 0 aliphatic carbocycles. The van der Waals surface area contributed by atoms with Crippen molar-refractivity contribution in [1.82, 2.24) is 25.7 Å². The molecule has 1 aliphatic heterocycles. The molecule has 0 spiro atoms.